The molecule has 0 aliphatic heterocycles. The Morgan fingerprint density at radius 3 is 1.46 bits per heavy atom. The van der Waals surface area contributed by atoms with E-state index in [4.69, 9.17) is 4.74 Å². The lowest BCUT2D eigenvalue weighted by Crippen LogP contribution is -3.00. The van der Waals surface area contributed by atoms with Gasteiger partial charge < -0.3 is 17.1 Å². The molecule has 0 unspecified atom stereocenters. The monoisotopic (exact) mass is 417 g/mol. The van der Waals surface area contributed by atoms with E-state index in [9.17, 15) is 4.79 Å². The number of nitrogens with zero attached hydrogens (tertiary/aromatic N) is 1. The molecule has 0 N–H and O–H groups in total. The zero-order chi connectivity index (χ0) is 20.2. The highest BCUT2D eigenvalue weighted by molar-refractivity contribution is 5.81. The van der Waals surface area contributed by atoms with Crippen LogP contribution in [0.2, 0.25) is 0 Å². The van der Waals surface area contributed by atoms with Crippen molar-refractivity contribution in [2.45, 2.75) is 110 Å². The van der Waals surface area contributed by atoms with E-state index in [1.165, 1.54) is 109 Å². The zero-order valence-electron chi connectivity index (χ0n) is 19.2. The van der Waals surface area contributed by atoms with Gasteiger partial charge >= 0.3 is 5.97 Å². The normalized spacial score (nSPS) is 11.1. The van der Waals surface area contributed by atoms with Crippen molar-refractivity contribution in [3.05, 3.63) is 12.7 Å². The summed E-state index contributed by atoms with van der Waals surface area (Å²) in [7, 11) is 4.23. The van der Waals surface area contributed by atoms with Crippen LogP contribution in [0, 0.1) is 0 Å². The van der Waals surface area contributed by atoms with Gasteiger partial charge in [0.2, 0.25) is 6.73 Å². The molecule has 0 saturated heterocycles. The Morgan fingerprint density at radius 1 is 0.750 bits per heavy atom. The number of carbonyl (C=O) groups is 1. The van der Waals surface area contributed by atoms with Crippen molar-refractivity contribution < 1.29 is 26.4 Å². The quantitative estimate of drug-likeness (QED) is 0.0983. The molecule has 0 radical (unpaired) electrons. The number of quaternary nitrogens is 1. The standard InChI is InChI=1S/C24H48NO2.ClH/c1-5-7-8-9-10-11-12-13-14-15-16-17-18-19-20-21-22-25(3,4)23-27-24(26)6-2;/h6H,2,5,7-23H2,1,3-4H3;1H/q+1;/p-1. The molecule has 0 heterocycles. The summed E-state index contributed by atoms with van der Waals surface area (Å²) < 4.78 is 5.88. The van der Waals surface area contributed by atoms with Gasteiger partial charge in [-0.2, -0.15) is 0 Å². The minimum Gasteiger partial charge on any atom is -1.00 e. The summed E-state index contributed by atoms with van der Waals surface area (Å²) in [6, 6.07) is 0. The van der Waals surface area contributed by atoms with E-state index in [0.29, 0.717) is 6.73 Å². The first-order valence-electron chi connectivity index (χ1n) is 11.6. The molecule has 0 amide bonds. The average Bonchev–Trinajstić information content (AvgIpc) is 2.65. The molecule has 28 heavy (non-hydrogen) atoms. The maximum absolute atomic E-state index is 11.1. The third-order valence-corrected chi connectivity index (χ3v) is 5.34. The van der Waals surface area contributed by atoms with Crippen molar-refractivity contribution in [1.82, 2.24) is 0 Å². The second-order valence-electron chi connectivity index (χ2n) is 8.76. The third-order valence-electron chi connectivity index (χ3n) is 5.34. The third kappa shape index (κ3) is 21.8. The number of halogens is 1. The minimum absolute atomic E-state index is 0. The molecule has 0 aromatic carbocycles. The van der Waals surface area contributed by atoms with Crippen LogP contribution in [0.5, 0.6) is 0 Å². The highest BCUT2D eigenvalue weighted by Gasteiger charge is 2.15. The number of hydrogen-bond donors (Lipinski definition) is 0. The van der Waals surface area contributed by atoms with Gasteiger partial charge in [-0.05, 0) is 12.8 Å². The summed E-state index contributed by atoms with van der Waals surface area (Å²) in [5.74, 6) is -0.326. The lowest BCUT2D eigenvalue weighted by Gasteiger charge is -2.28. The molecule has 0 spiro atoms. The van der Waals surface area contributed by atoms with Crippen LogP contribution >= 0.6 is 0 Å². The first-order chi connectivity index (χ1) is 13.0. The smallest absolute Gasteiger partial charge is 0.334 e. The molecule has 0 aromatic rings. The van der Waals surface area contributed by atoms with Crippen LogP contribution in [-0.4, -0.2) is 37.8 Å². The van der Waals surface area contributed by atoms with Crippen LogP contribution in [0.4, 0.5) is 0 Å². The number of unbranched alkanes of at least 4 members (excludes halogenated alkanes) is 15. The molecular formula is C24H48ClNO2. The Balaban J connectivity index is 0. The number of esters is 1. The van der Waals surface area contributed by atoms with E-state index < -0.39 is 0 Å². The van der Waals surface area contributed by atoms with Crippen LogP contribution in [-0.2, 0) is 9.53 Å². The largest absolute Gasteiger partial charge is 1.00 e. The number of hydrogen-bond acceptors (Lipinski definition) is 2. The van der Waals surface area contributed by atoms with Gasteiger partial charge in [-0.25, -0.2) is 4.79 Å². The van der Waals surface area contributed by atoms with Crippen molar-refractivity contribution in [2.24, 2.45) is 0 Å². The van der Waals surface area contributed by atoms with Gasteiger partial charge in [-0.3, -0.25) is 4.48 Å². The second-order valence-corrected chi connectivity index (χ2v) is 8.76. The van der Waals surface area contributed by atoms with E-state index in [0.717, 1.165) is 11.0 Å². The van der Waals surface area contributed by atoms with Gasteiger partial charge in [0.25, 0.3) is 0 Å². The van der Waals surface area contributed by atoms with E-state index in [1.54, 1.807) is 0 Å². The number of ether oxygens (including phenoxy) is 1. The predicted molar refractivity (Wildman–Crippen MR) is 118 cm³/mol. The molecule has 0 aliphatic carbocycles. The molecule has 3 nitrogen and oxygen atoms in total. The molecule has 0 atom stereocenters. The van der Waals surface area contributed by atoms with Gasteiger partial charge in [0.15, 0.2) is 0 Å². The Morgan fingerprint density at radius 2 is 1.11 bits per heavy atom. The van der Waals surface area contributed by atoms with Crippen LogP contribution in [0.1, 0.15) is 110 Å². The van der Waals surface area contributed by atoms with Crippen molar-refractivity contribution >= 4 is 5.97 Å². The van der Waals surface area contributed by atoms with Crippen molar-refractivity contribution in [3.8, 4) is 0 Å². The van der Waals surface area contributed by atoms with Gasteiger partial charge in [-0.15, -0.1) is 0 Å². The topological polar surface area (TPSA) is 26.3 Å². The van der Waals surface area contributed by atoms with E-state index >= 15 is 0 Å². The maximum Gasteiger partial charge on any atom is 0.334 e. The first-order valence-corrected chi connectivity index (χ1v) is 11.6. The van der Waals surface area contributed by atoms with Crippen molar-refractivity contribution in [1.29, 1.82) is 0 Å². The molecular weight excluding hydrogens is 370 g/mol. The fourth-order valence-electron chi connectivity index (χ4n) is 3.45. The minimum atomic E-state index is -0.326. The summed E-state index contributed by atoms with van der Waals surface area (Å²) in [5.41, 5.74) is 0. The van der Waals surface area contributed by atoms with Crippen molar-refractivity contribution in [2.75, 3.05) is 27.4 Å². The summed E-state index contributed by atoms with van der Waals surface area (Å²) >= 11 is 0. The van der Waals surface area contributed by atoms with Gasteiger partial charge in [0, 0.05) is 6.08 Å². The molecule has 168 valence electrons. The van der Waals surface area contributed by atoms with Gasteiger partial charge in [0.1, 0.15) is 0 Å². The fourth-order valence-corrected chi connectivity index (χ4v) is 3.45. The fraction of sp³-hybridized carbons (Fsp3) is 0.875. The molecule has 4 heteroatoms. The summed E-state index contributed by atoms with van der Waals surface area (Å²) in [6.45, 7) is 7.20. The van der Waals surface area contributed by atoms with Gasteiger partial charge in [-0.1, -0.05) is 103 Å². The summed E-state index contributed by atoms with van der Waals surface area (Å²) in [4.78, 5) is 11.1. The lowest BCUT2D eigenvalue weighted by atomic mass is 10.0. The number of carbonyl (C=O) groups excluding carboxylic acids is 1. The van der Waals surface area contributed by atoms with Crippen LogP contribution in [0.25, 0.3) is 0 Å². The molecule has 0 bridgehead atoms. The molecule has 0 rings (SSSR count). The summed E-state index contributed by atoms with van der Waals surface area (Å²) in [5, 5.41) is 0. The maximum atomic E-state index is 11.1. The first kappa shape index (κ1) is 29.7. The SMILES string of the molecule is C=CC(=O)OC[N+](C)(C)CCCCCCCCCCCCCCCCCC.[Cl-]. The van der Waals surface area contributed by atoms with Crippen LogP contribution in [0.3, 0.4) is 0 Å². The Labute approximate surface area is 182 Å². The second kappa shape index (κ2) is 21.2. The molecule has 0 saturated carbocycles. The lowest BCUT2D eigenvalue weighted by molar-refractivity contribution is -0.907. The van der Waals surface area contributed by atoms with Crippen LogP contribution < -0.4 is 12.4 Å². The van der Waals surface area contributed by atoms with Crippen molar-refractivity contribution in [3.63, 3.8) is 0 Å². The number of rotatable bonds is 20. The molecule has 0 fully saturated rings. The Hall–Kier alpha value is -0.540. The Bertz CT molecular complexity index is 359. The summed E-state index contributed by atoms with van der Waals surface area (Å²) in [6.07, 6.45) is 23.5. The zero-order valence-corrected chi connectivity index (χ0v) is 19.9. The molecule has 0 aliphatic rings. The van der Waals surface area contributed by atoms with Gasteiger partial charge in [0.05, 0.1) is 20.6 Å². The van der Waals surface area contributed by atoms with Crippen LogP contribution in [0.15, 0.2) is 12.7 Å². The average molecular weight is 418 g/mol. The Kier molecular flexibility index (Phi) is 22.4. The molecule has 0 aromatic heterocycles. The van der Waals surface area contributed by atoms with E-state index in [2.05, 4.69) is 27.6 Å². The van der Waals surface area contributed by atoms with E-state index in [-0.39, 0.29) is 18.4 Å². The predicted octanol–water partition coefficient (Wildman–Crippen LogP) is 4.02. The highest BCUT2D eigenvalue weighted by Crippen LogP contribution is 2.14. The van der Waals surface area contributed by atoms with E-state index in [1.807, 2.05) is 0 Å². The highest BCUT2D eigenvalue weighted by atomic mass is 35.5.